The normalized spacial score (nSPS) is 43.1. The highest BCUT2D eigenvalue weighted by Gasteiger charge is 2.75. The number of hydrogen-bond donors (Lipinski definition) is 0. The van der Waals surface area contributed by atoms with E-state index >= 15 is 0 Å². The predicted octanol–water partition coefficient (Wildman–Crippen LogP) is 3.36. The van der Waals surface area contributed by atoms with E-state index in [1.165, 1.54) is 31.5 Å². The molecule has 2 nitrogen and oxygen atoms in total. The Bertz CT molecular complexity index is 549. The molecule has 1 aromatic carbocycles. The van der Waals surface area contributed by atoms with E-state index in [9.17, 15) is 0 Å². The molecule has 1 spiro atoms. The fourth-order valence-corrected chi connectivity index (χ4v) is 4.88. The Kier molecular flexibility index (Phi) is 2.55. The maximum Gasteiger partial charge on any atom is 0.0775 e. The zero-order valence-electron chi connectivity index (χ0n) is 11.0. The summed E-state index contributed by atoms with van der Waals surface area (Å²) >= 11 is 12.3. The van der Waals surface area contributed by atoms with Crippen molar-refractivity contribution < 1.29 is 4.74 Å². The molecule has 4 atom stereocenters. The van der Waals surface area contributed by atoms with Crippen molar-refractivity contribution in [3.63, 3.8) is 0 Å². The number of rotatable bonds is 2. The van der Waals surface area contributed by atoms with E-state index < -0.39 is 0 Å². The first kappa shape index (κ1) is 12.5. The van der Waals surface area contributed by atoms with Crippen molar-refractivity contribution in [3.8, 4) is 0 Å². The van der Waals surface area contributed by atoms with Crippen LogP contribution in [0.1, 0.15) is 18.4 Å². The highest BCUT2D eigenvalue weighted by Crippen LogP contribution is 2.73. The number of hydrogen-bond acceptors (Lipinski definition) is 2. The van der Waals surface area contributed by atoms with Gasteiger partial charge in [-0.25, -0.2) is 0 Å². The zero-order chi connectivity index (χ0) is 13.3. The fraction of sp³-hybridized carbons (Fsp3) is 0.600. The van der Waals surface area contributed by atoms with Gasteiger partial charge in [-0.15, -0.1) is 0 Å². The van der Waals surface area contributed by atoms with Gasteiger partial charge in [-0.1, -0.05) is 29.3 Å². The minimum atomic E-state index is 0.273. The van der Waals surface area contributed by atoms with E-state index in [1.807, 2.05) is 13.2 Å². The van der Waals surface area contributed by atoms with Crippen molar-refractivity contribution in [2.45, 2.75) is 24.4 Å². The van der Waals surface area contributed by atoms with Crippen molar-refractivity contribution in [3.05, 3.63) is 33.8 Å². The van der Waals surface area contributed by atoms with Gasteiger partial charge >= 0.3 is 0 Å². The third-order valence-corrected chi connectivity index (χ3v) is 6.34. The molecule has 1 aromatic rings. The number of halogens is 2. The molecule has 1 saturated carbocycles. The molecule has 3 fully saturated rings. The Hall–Kier alpha value is -0.280. The van der Waals surface area contributed by atoms with Crippen LogP contribution < -0.4 is 0 Å². The van der Waals surface area contributed by atoms with Crippen LogP contribution in [0.15, 0.2) is 18.2 Å². The third-order valence-electron chi connectivity index (χ3n) is 5.60. The summed E-state index contributed by atoms with van der Waals surface area (Å²) in [5.41, 5.74) is 1.94. The second-order valence-corrected chi connectivity index (χ2v) is 7.07. The molecule has 2 bridgehead atoms. The Labute approximate surface area is 123 Å². The largest absolute Gasteiger partial charge is 0.379 e. The highest BCUT2D eigenvalue weighted by atomic mass is 35.5. The van der Waals surface area contributed by atoms with Gasteiger partial charge in [0.25, 0.3) is 0 Å². The lowest BCUT2D eigenvalue weighted by atomic mass is 9.80. The molecule has 4 heteroatoms. The van der Waals surface area contributed by atoms with Gasteiger partial charge in [-0.05, 0) is 37.1 Å². The number of benzene rings is 1. The first-order valence-electron chi connectivity index (χ1n) is 6.82. The molecule has 19 heavy (non-hydrogen) atoms. The van der Waals surface area contributed by atoms with Crippen LogP contribution in [0.3, 0.4) is 0 Å². The summed E-state index contributed by atoms with van der Waals surface area (Å²) in [6, 6.07) is 6.16. The van der Waals surface area contributed by atoms with Gasteiger partial charge in [0.05, 0.1) is 16.1 Å². The number of ether oxygens (including phenoxy) is 1. The van der Waals surface area contributed by atoms with Crippen LogP contribution in [-0.2, 0) is 10.2 Å². The molecule has 3 aliphatic rings. The molecule has 1 aliphatic carbocycles. The van der Waals surface area contributed by atoms with Gasteiger partial charge in [0.15, 0.2) is 0 Å². The van der Waals surface area contributed by atoms with Gasteiger partial charge in [0.2, 0.25) is 0 Å². The monoisotopic (exact) mass is 297 g/mol. The second kappa shape index (κ2) is 3.88. The molecule has 0 amide bonds. The van der Waals surface area contributed by atoms with Crippen LogP contribution in [0, 0.1) is 5.41 Å². The Morgan fingerprint density at radius 3 is 2.89 bits per heavy atom. The van der Waals surface area contributed by atoms with Gasteiger partial charge in [0.1, 0.15) is 0 Å². The Balaban J connectivity index is 1.77. The van der Waals surface area contributed by atoms with Gasteiger partial charge < -0.3 is 9.64 Å². The average Bonchev–Trinajstić information content (AvgIpc) is 2.98. The summed E-state index contributed by atoms with van der Waals surface area (Å²) in [5.74, 6) is 0. The lowest BCUT2D eigenvalue weighted by Crippen LogP contribution is -2.35. The summed E-state index contributed by atoms with van der Waals surface area (Å²) in [6.45, 7) is 3.42. The van der Waals surface area contributed by atoms with Crippen LogP contribution >= 0.6 is 23.2 Å². The molecular weight excluding hydrogens is 281 g/mol. The maximum atomic E-state index is 6.21. The van der Waals surface area contributed by atoms with E-state index in [4.69, 9.17) is 27.9 Å². The van der Waals surface area contributed by atoms with Gasteiger partial charge in [-0.2, -0.15) is 0 Å². The number of piperidine rings is 1. The summed E-state index contributed by atoms with van der Waals surface area (Å²) < 4.78 is 5.77. The smallest absolute Gasteiger partial charge is 0.0775 e. The molecule has 4 rings (SSSR count). The van der Waals surface area contributed by atoms with Gasteiger partial charge in [-0.3, -0.25) is 0 Å². The van der Waals surface area contributed by atoms with Gasteiger partial charge in [0, 0.05) is 31.0 Å². The summed E-state index contributed by atoms with van der Waals surface area (Å²) in [5, 5.41) is 1.31. The van der Waals surface area contributed by atoms with E-state index in [2.05, 4.69) is 17.0 Å². The second-order valence-electron chi connectivity index (χ2n) is 6.25. The molecule has 102 valence electrons. The van der Waals surface area contributed by atoms with E-state index in [1.54, 1.807) is 0 Å². The van der Waals surface area contributed by atoms with Crippen molar-refractivity contribution in [2.75, 3.05) is 26.7 Å². The van der Waals surface area contributed by atoms with Crippen LogP contribution in [0.25, 0.3) is 0 Å². The number of nitrogens with zero attached hydrogens (tertiary/aromatic N) is 1. The standard InChI is InChI=1S/C15H17Cl2NO/c1-19-13-7-18-5-4-14(8-15(13,14)9-18)10-2-3-11(16)12(17)6-10/h2-3,6,13H,4-5,7-9H2,1H3/t13-,14+,15+/m0/s1. The molecule has 0 radical (unpaired) electrons. The van der Waals surface area contributed by atoms with Crippen LogP contribution in [0.4, 0.5) is 0 Å². The van der Waals surface area contributed by atoms with Crippen molar-refractivity contribution >= 4 is 23.2 Å². The van der Waals surface area contributed by atoms with Crippen molar-refractivity contribution in [2.24, 2.45) is 5.41 Å². The SMILES string of the molecule is CO[C@H]1CN2CC[C@]3(c4ccc(Cl)c(Cl)c4)C[C@@]13C2. The highest BCUT2D eigenvalue weighted by molar-refractivity contribution is 6.42. The quantitative estimate of drug-likeness (QED) is 0.830. The maximum absolute atomic E-state index is 6.21. The number of fused-ring (bicyclic) bond motifs is 1. The fourth-order valence-electron chi connectivity index (χ4n) is 4.58. The van der Waals surface area contributed by atoms with E-state index in [0.717, 1.165) is 6.54 Å². The molecule has 2 saturated heterocycles. The molecule has 0 N–H and O–H groups in total. The topological polar surface area (TPSA) is 12.5 Å². The molecular formula is C15H17Cl2NO. The lowest BCUT2D eigenvalue weighted by Gasteiger charge is -2.31. The van der Waals surface area contributed by atoms with Crippen LogP contribution in [0.2, 0.25) is 10.0 Å². The van der Waals surface area contributed by atoms with E-state index in [-0.39, 0.29) is 5.41 Å². The molecule has 0 aromatic heterocycles. The predicted molar refractivity (Wildman–Crippen MR) is 77.0 cm³/mol. The Morgan fingerprint density at radius 2 is 2.16 bits per heavy atom. The minimum Gasteiger partial charge on any atom is -0.379 e. The lowest BCUT2D eigenvalue weighted by molar-refractivity contribution is 0.0634. The zero-order valence-corrected chi connectivity index (χ0v) is 12.5. The first-order chi connectivity index (χ1) is 9.11. The Morgan fingerprint density at radius 1 is 1.32 bits per heavy atom. The van der Waals surface area contributed by atoms with E-state index in [0.29, 0.717) is 21.6 Å². The first-order valence-corrected chi connectivity index (χ1v) is 7.58. The van der Waals surface area contributed by atoms with Crippen molar-refractivity contribution in [1.29, 1.82) is 0 Å². The summed E-state index contributed by atoms with van der Waals surface area (Å²) in [4.78, 5) is 2.54. The third kappa shape index (κ3) is 1.46. The molecule has 1 unspecified atom stereocenters. The van der Waals surface area contributed by atoms with Crippen LogP contribution in [0.5, 0.6) is 0 Å². The summed E-state index contributed by atoms with van der Waals surface area (Å²) in [6.07, 6.45) is 2.81. The average molecular weight is 298 g/mol. The number of methoxy groups -OCH3 is 1. The molecule has 2 aliphatic heterocycles. The van der Waals surface area contributed by atoms with Crippen LogP contribution in [-0.4, -0.2) is 37.7 Å². The van der Waals surface area contributed by atoms with Crippen molar-refractivity contribution in [1.82, 2.24) is 4.90 Å². The minimum absolute atomic E-state index is 0.273. The summed E-state index contributed by atoms with van der Waals surface area (Å²) in [7, 11) is 1.85. The molecule has 2 heterocycles.